The number of aliphatic hydroxyl groups excluding tert-OH is 1. The number of amides is 3. The topological polar surface area (TPSA) is 152 Å². The summed E-state index contributed by atoms with van der Waals surface area (Å²) in [6.45, 7) is 2.01. The molecule has 1 unspecified atom stereocenters. The average Bonchev–Trinajstić information content (AvgIpc) is 3.42. The van der Waals surface area contributed by atoms with E-state index in [0.717, 1.165) is 26.5 Å². The van der Waals surface area contributed by atoms with Crippen LogP contribution in [0.3, 0.4) is 0 Å². The van der Waals surface area contributed by atoms with Crippen LogP contribution < -0.4 is 10.2 Å². The Kier molecular flexibility index (Phi) is 10.9. The number of nitrogens with one attached hydrogen (secondary N) is 1. The van der Waals surface area contributed by atoms with Crippen molar-refractivity contribution in [2.75, 3.05) is 10.7 Å². The number of anilines is 1. The van der Waals surface area contributed by atoms with Crippen LogP contribution in [0.1, 0.15) is 58.4 Å². The standard InChI is InChI=1S/C38H36N2O9S/c1-23-32(22-50-30-17-13-27(14-18-30)36(44)45)48-37(49-34(23)26-9-7-24(20-41)8-10-26)28-11-15-29(16-12-28)40-33(42)19-31(35(40)43)39-38(46)47-21-25-5-3-2-4-6-25/h2-18,23,31-32,34,37,41H,19-22H2,1H3,(H,39,46)(H,44,45)/t23-,31?,32+,34+,37+/m0/s1. The zero-order valence-electron chi connectivity index (χ0n) is 27.1. The lowest BCUT2D eigenvalue weighted by molar-refractivity contribution is -0.268. The molecule has 0 spiro atoms. The molecule has 2 heterocycles. The number of hydrogen-bond donors (Lipinski definition) is 3. The Hall–Kier alpha value is -5.01. The van der Waals surface area contributed by atoms with E-state index in [2.05, 4.69) is 12.2 Å². The van der Waals surface area contributed by atoms with E-state index in [1.54, 1.807) is 60.3 Å². The van der Waals surface area contributed by atoms with Crippen LogP contribution in [0.15, 0.2) is 108 Å². The lowest BCUT2D eigenvalue weighted by Gasteiger charge is -2.41. The fraction of sp³-hybridized carbons (Fsp3) is 0.263. The molecule has 0 radical (unpaired) electrons. The molecule has 0 bridgehead atoms. The molecule has 11 nitrogen and oxygen atoms in total. The molecule has 0 aromatic heterocycles. The first-order valence-corrected chi connectivity index (χ1v) is 17.1. The molecular weight excluding hydrogens is 660 g/mol. The maximum atomic E-state index is 13.2. The third-order valence-electron chi connectivity index (χ3n) is 8.71. The van der Waals surface area contributed by atoms with Gasteiger partial charge in [-0.2, -0.15) is 0 Å². The maximum absolute atomic E-state index is 13.2. The maximum Gasteiger partial charge on any atom is 0.408 e. The summed E-state index contributed by atoms with van der Waals surface area (Å²) in [4.78, 5) is 51.8. The van der Waals surface area contributed by atoms with Gasteiger partial charge in [0.1, 0.15) is 12.6 Å². The number of rotatable bonds is 11. The van der Waals surface area contributed by atoms with Gasteiger partial charge in [-0.05, 0) is 53.1 Å². The Morgan fingerprint density at radius 3 is 2.22 bits per heavy atom. The second kappa shape index (κ2) is 15.7. The predicted octanol–water partition coefficient (Wildman–Crippen LogP) is 6.02. The normalized spacial score (nSPS) is 22.0. The Balaban J connectivity index is 1.15. The fourth-order valence-electron chi connectivity index (χ4n) is 5.89. The summed E-state index contributed by atoms with van der Waals surface area (Å²) in [6, 6.07) is 29.1. The van der Waals surface area contributed by atoms with Crippen molar-refractivity contribution < 1.29 is 43.6 Å². The van der Waals surface area contributed by atoms with Crippen molar-refractivity contribution in [3.8, 4) is 0 Å². The highest BCUT2D eigenvalue weighted by molar-refractivity contribution is 7.99. The van der Waals surface area contributed by atoms with Crippen LogP contribution >= 0.6 is 11.8 Å². The molecule has 258 valence electrons. The summed E-state index contributed by atoms with van der Waals surface area (Å²) in [5, 5.41) is 21.3. The van der Waals surface area contributed by atoms with Crippen LogP contribution in [0.2, 0.25) is 0 Å². The minimum absolute atomic E-state index is 0.0328. The van der Waals surface area contributed by atoms with Gasteiger partial charge < -0.3 is 29.7 Å². The SMILES string of the molecule is C[C@H]1[C@@H](CSc2ccc(C(=O)O)cc2)O[C@@H](c2ccc(N3C(=O)CC(NC(=O)OCc4ccccc4)C3=O)cc2)O[C@H]1c1ccc(CO)cc1. The van der Waals surface area contributed by atoms with Crippen molar-refractivity contribution >= 4 is 41.3 Å². The average molecular weight is 697 g/mol. The molecule has 12 heteroatoms. The van der Waals surface area contributed by atoms with E-state index in [0.29, 0.717) is 17.0 Å². The number of aromatic carboxylic acids is 1. The predicted molar refractivity (Wildman–Crippen MR) is 184 cm³/mol. The Labute approximate surface area is 293 Å². The summed E-state index contributed by atoms with van der Waals surface area (Å²) in [5.74, 6) is -1.50. The van der Waals surface area contributed by atoms with Crippen LogP contribution in [0.25, 0.3) is 0 Å². The molecule has 5 atom stereocenters. The van der Waals surface area contributed by atoms with Gasteiger partial charge >= 0.3 is 12.1 Å². The van der Waals surface area contributed by atoms with Gasteiger partial charge in [0.25, 0.3) is 5.91 Å². The number of benzene rings is 4. The lowest BCUT2D eigenvalue weighted by atomic mass is 9.91. The summed E-state index contributed by atoms with van der Waals surface area (Å²) >= 11 is 1.55. The minimum Gasteiger partial charge on any atom is -0.478 e. The van der Waals surface area contributed by atoms with E-state index in [1.807, 2.05) is 54.6 Å². The van der Waals surface area contributed by atoms with Gasteiger partial charge in [-0.25, -0.2) is 14.5 Å². The highest BCUT2D eigenvalue weighted by atomic mass is 32.2. The van der Waals surface area contributed by atoms with Crippen LogP contribution in [-0.2, 0) is 37.0 Å². The molecular formula is C38H36N2O9S. The molecule has 6 rings (SSSR count). The minimum atomic E-state index is -1.05. The fourth-order valence-corrected chi connectivity index (χ4v) is 6.95. The number of nitrogens with zero attached hydrogens (tertiary/aromatic N) is 1. The largest absolute Gasteiger partial charge is 0.478 e. The van der Waals surface area contributed by atoms with Gasteiger partial charge in [-0.15, -0.1) is 11.8 Å². The molecule has 0 aliphatic carbocycles. The Morgan fingerprint density at radius 1 is 0.880 bits per heavy atom. The van der Waals surface area contributed by atoms with Gasteiger partial charge in [0.2, 0.25) is 5.91 Å². The van der Waals surface area contributed by atoms with Gasteiger partial charge in [-0.3, -0.25) is 9.59 Å². The van der Waals surface area contributed by atoms with Crippen LogP contribution in [0.5, 0.6) is 0 Å². The van der Waals surface area contributed by atoms with Crippen molar-refractivity contribution in [1.29, 1.82) is 0 Å². The summed E-state index contributed by atoms with van der Waals surface area (Å²) < 4.78 is 18.3. The van der Waals surface area contributed by atoms with Crippen LogP contribution in [0.4, 0.5) is 10.5 Å². The van der Waals surface area contributed by atoms with E-state index in [9.17, 15) is 29.4 Å². The first-order valence-electron chi connectivity index (χ1n) is 16.1. The van der Waals surface area contributed by atoms with Crippen molar-refractivity contribution in [1.82, 2.24) is 5.32 Å². The molecule has 2 aliphatic rings. The third kappa shape index (κ3) is 8.06. The van der Waals surface area contributed by atoms with E-state index >= 15 is 0 Å². The van der Waals surface area contributed by atoms with E-state index < -0.39 is 36.2 Å². The third-order valence-corrected chi connectivity index (χ3v) is 9.81. The number of carbonyl (C=O) groups excluding carboxylic acids is 3. The summed E-state index contributed by atoms with van der Waals surface area (Å²) in [6.07, 6.45) is -2.38. The number of carboxylic acid groups (broad SMARTS) is 1. The van der Waals surface area contributed by atoms with E-state index in [4.69, 9.17) is 14.2 Å². The quantitative estimate of drug-likeness (QED) is 0.125. The Bertz CT molecular complexity index is 1820. The van der Waals surface area contributed by atoms with E-state index in [1.165, 1.54) is 0 Å². The van der Waals surface area contributed by atoms with Gasteiger partial charge in [0.15, 0.2) is 6.29 Å². The number of alkyl carbamates (subject to hydrolysis) is 1. The van der Waals surface area contributed by atoms with Crippen LogP contribution in [-0.4, -0.2) is 52.0 Å². The first kappa shape index (κ1) is 34.8. The monoisotopic (exact) mass is 696 g/mol. The highest BCUT2D eigenvalue weighted by Gasteiger charge is 2.42. The number of imide groups is 1. The smallest absolute Gasteiger partial charge is 0.408 e. The number of carboxylic acids is 1. The second-order valence-electron chi connectivity index (χ2n) is 12.1. The van der Waals surface area contributed by atoms with Crippen molar-refractivity contribution in [2.24, 2.45) is 5.92 Å². The molecule has 2 fully saturated rings. The van der Waals surface area contributed by atoms with Gasteiger partial charge in [0.05, 0.1) is 36.5 Å². The van der Waals surface area contributed by atoms with E-state index in [-0.39, 0.29) is 43.3 Å². The first-order chi connectivity index (χ1) is 24.2. The zero-order chi connectivity index (χ0) is 35.2. The van der Waals surface area contributed by atoms with Crippen molar-refractivity contribution in [3.05, 3.63) is 131 Å². The highest BCUT2D eigenvalue weighted by Crippen LogP contribution is 2.43. The van der Waals surface area contributed by atoms with Crippen molar-refractivity contribution in [3.63, 3.8) is 0 Å². The second-order valence-corrected chi connectivity index (χ2v) is 13.2. The number of hydrogen-bond acceptors (Lipinski definition) is 9. The molecule has 4 aromatic carbocycles. The molecule has 0 saturated carbocycles. The number of ether oxygens (including phenoxy) is 3. The summed E-state index contributed by atoms with van der Waals surface area (Å²) in [5.41, 5.74) is 3.74. The number of thioether (sulfide) groups is 1. The molecule has 50 heavy (non-hydrogen) atoms. The Morgan fingerprint density at radius 2 is 1.56 bits per heavy atom. The molecule has 4 aromatic rings. The lowest BCUT2D eigenvalue weighted by Crippen LogP contribution is -2.42. The van der Waals surface area contributed by atoms with Crippen molar-refractivity contribution in [2.45, 2.75) is 56.0 Å². The molecule has 2 aliphatic heterocycles. The van der Waals surface area contributed by atoms with Crippen LogP contribution in [0, 0.1) is 5.92 Å². The number of aliphatic hydroxyl groups is 1. The molecule has 2 saturated heterocycles. The number of carbonyl (C=O) groups is 4. The van der Waals surface area contributed by atoms with Gasteiger partial charge in [0, 0.05) is 22.1 Å². The molecule has 3 amide bonds. The zero-order valence-corrected chi connectivity index (χ0v) is 28.0. The molecule has 3 N–H and O–H groups in total. The summed E-state index contributed by atoms with van der Waals surface area (Å²) in [7, 11) is 0. The van der Waals surface area contributed by atoms with Gasteiger partial charge in [-0.1, -0.05) is 73.7 Å².